The average Bonchev–Trinajstić information content (AvgIpc) is 3.06. The minimum atomic E-state index is -0.549. The Bertz CT molecular complexity index is 1940. The number of hydrogen-bond donors (Lipinski definition) is 1. The fraction of sp³-hybridized carbons (Fsp3) is 0.184. The fourth-order valence-electron chi connectivity index (χ4n) is 5.95. The largest absolute Gasteiger partial charge is 0.452 e. The Kier molecular flexibility index (Phi) is 9.38. The summed E-state index contributed by atoms with van der Waals surface area (Å²) in [5.41, 5.74) is 7.34. The summed E-state index contributed by atoms with van der Waals surface area (Å²) < 4.78 is 5.63. The van der Waals surface area contributed by atoms with Crippen LogP contribution in [0.4, 0.5) is 17.1 Å². The van der Waals surface area contributed by atoms with Gasteiger partial charge in [-0.25, -0.2) is 9.78 Å². The first-order valence-electron chi connectivity index (χ1n) is 15.3. The second-order valence-corrected chi connectivity index (χ2v) is 12.3. The van der Waals surface area contributed by atoms with E-state index in [4.69, 9.17) is 32.9 Å². The van der Waals surface area contributed by atoms with Gasteiger partial charge in [0.15, 0.2) is 6.61 Å². The molecule has 5 aromatic rings. The number of carbonyl (C=O) groups is 2. The summed E-state index contributed by atoms with van der Waals surface area (Å²) in [6.07, 6.45) is 4.35. The SMILES string of the molecule is CC(C)N(c1ccccc1)c1ccc(NC(=O)COC(=O)c2c3c(nc4ccccc24)C(=Cc2ccc(Cl)c(Cl)c2)CCC3)cc1. The van der Waals surface area contributed by atoms with Crippen molar-refractivity contribution in [1.82, 2.24) is 4.98 Å². The molecule has 0 saturated carbocycles. The van der Waals surface area contributed by atoms with Crippen LogP contribution in [0.15, 0.2) is 97.1 Å². The molecule has 1 aromatic heterocycles. The number of hydrogen-bond acceptors (Lipinski definition) is 5. The van der Waals surface area contributed by atoms with Crippen molar-refractivity contribution in [2.75, 3.05) is 16.8 Å². The Balaban J connectivity index is 1.20. The highest BCUT2D eigenvalue weighted by atomic mass is 35.5. The third kappa shape index (κ3) is 6.79. The number of ether oxygens (including phenoxy) is 1. The number of amides is 1. The quantitative estimate of drug-likeness (QED) is 0.169. The van der Waals surface area contributed by atoms with Crippen molar-refractivity contribution in [2.24, 2.45) is 0 Å². The Morgan fingerprint density at radius 2 is 1.61 bits per heavy atom. The van der Waals surface area contributed by atoms with E-state index in [9.17, 15) is 9.59 Å². The molecule has 0 saturated heterocycles. The molecule has 0 bridgehead atoms. The number of esters is 1. The van der Waals surface area contributed by atoms with E-state index in [1.807, 2.05) is 84.9 Å². The molecule has 4 aromatic carbocycles. The summed E-state index contributed by atoms with van der Waals surface area (Å²) in [7, 11) is 0. The van der Waals surface area contributed by atoms with Crippen LogP contribution >= 0.6 is 23.2 Å². The highest BCUT2D eigenvalue weighted by Gasteiger charge is 2.26. The van der Waals surface area contributed by atoms with Gasteiger partial charge in [0, 0.05) is 28.5 Å². The minimum absolute atomic E-state index is 0.236. The smallest absolute Gasteiger partial charge is 0.339 e. The highest BCUT2D eigenvalue weighted by Crippen LogP contribution is 2.37. The lowest BCUT2D eigenvalue weighted by molar-refractivity contribution is -0.119. The molecule has 0 spiro atoms. The van der Waals surface area contributed by atoms with E-state index in [1.165, 1.54) is 0 Å². The van der Waals surface area contributed by atoms with Crippen molar-refractivity contribution < 1.29 is 14.3 Å². The van der Waals surface area contributed by atoms with Gasteiger partial charge in [-0.05, 0) is 110 Å². The maximum Gasteiger partial charge on any atom is 0.339 e. The lowest BCUT2D eigenvalue weighted by Gasteiger charge is -2.29. The van der Waals surface area contributed by atoms with Gasteiger partial charge < -0.3 is 15.0 Å². The minimum Gasteiger partial charge on any atom is -0.452 e. The molecule has 1 N–H and O–H groups in total. The van der Waals surface area contributed by atoms with Gasteiger partial charge in [0.1, 0.15) is 0 Å². The summed E-state index contributed by atoms with van der Waals surface area (Å²) in [5.74, 6) is -0.969. The number of allylic oxidation sites excluding steroid dienone is 1. The highest BCUT2D eigenvalue weighted by molar-refractivity contribution is 6.42. The number of aromatic nitrogens is 1. The van der Waals surface area contributed by atoms with Crippen LogP contribution in [-0.2, 0) is 16.0 Å². The summed E-state index contributed by atoms with van der Waals surface area (Å²) in [4.78, 5) is 33.8. The number of benzene rings is 4. The van der Waals surface area contributed by atoms with Gasteiger partial charge in [0.05, 0.1) is 26.8 Å². The Hall–Kier alpha value is -4.65. The topological polar surface area (TPSA) is 71.5 Å². The molecule has 1 heterocycles. The summed E-state index contributed by atoms with van der Waals surface area (Å²) in [6.45, 7) is 3.85. The van der Waals surface area contributed by atoms with Crippen LogP contribution < -0.4 is 10.2 Å². The zero-order chi connectivity index (χ0) is 32.2. The zero-order valence-corrected chi connectivity index (χ0v) is 27.1. The van der Waals surface area contributed by atoms with Gasteiger partial charge in [0.2, 0.25) is 0 Å². The number of nitrogens with zero attached hydrogens (tertiary/aromatic N) is 2. The molecule has 6 rings (SSSR count). The van der Waals surface area contributed by atoms with Crippen LogP contribution in [0.3, 0.4) is 0 Å². The van der Waals surface area contributed by atoms with Crippen LogP contribution in [-0.4, -0.2) is 29.5 Å². The van der Waals surface area contributed by atoms with E-state index in [-0.39, 0.29) is 6.04 Å². The molecule has 1 amide bonds. The third-order valence-corrected chi connectivity index (χ3v) is 8.71. The summed E-state index contributed by atoms with van der Waals surface area (Å²) >= 11 is 12.4. The first-order chi connectivity index (χ1) is 22.3. The molecule has 0 aliphatic heterocycles. The van der Waals surface area contributed by atoms with Gasteiger partial charge in [-0.1, -0.05) is 65.7 Å². The fourth-order valence-corrected chi connectivity index (χ4v) is 6.26. The molecule has 0 unspecified atom stereocenters. The molecule has 46 heavy (non-hydrogen) atoms. The van der Waals surface area contributed by atoms with Crippen molar-refractivity contribution in [3.05, 3.63) is 129 Å². The molecular formula is C38H33Cl2N3O3. The van der Waals surface area contributed by atoms with Crippen molar-refractivity contribution in [3.63, 3.8) is 0 Å². The summed E-state index contributed by atoms with van der Waals surface area (Å²) in [6, 6.07) is 31.0. The van der Waals surface area contributed by atoms with Gasteiger partial charge in [0.25, 0.3) is 5.91 Å². The number of para-hydroxylation sites is 2. The van der Waals surface area contributed by atoms with E-state index in [0.717, 1.165) is 46.6 Å². The lowest BCUT2D eigenvalue weighted by atomic mass is 9.86. The number of pyridine rings is 1. The average molecular weight is 651 g/mol. The molecule has 232 valence electrons. The number of nitrogens with one attached hydrogen (secondary N) is 1. The lowest BCUT2D eigenvalue weighted by Crippen LogP contribution is -2.25. The second-order valence-electron chi connectivity index (χ2n) is 11.5. The van der Waals surface area contributed by atoms with Gasteiger partial charge in [-0.2, -0.15) is 0 Å². The van der Waals surface area contributed by atoms with Crippen LogP contribution in [0.2, 0.25) is 10.0 Å². The standard InChI is InChI=1S/C38H33Cl2N3O3/c1-24(2)43(28-10-4-3-5-11-28)29-18-16-27(17-19-29)41-35(44)23-46-38(45)36-30-12-6-7-14-34(30)42-37-26(9-8-13-31(36)37)21-25-15-20-32(39)33(40)22-25/h3-7,10-12,14-22,24H,8-9,13,23H2,1-2H3,(H,41,44). The van der Waals surface area contributed by atoms with Crippen LogP contribution in [0.25, 0.3) is 22.6 Å². The molecule has 6 nitrogen and oxygen atoms in total. The molecule has 0 radical (unpaired) electrons. The van der Waals surface area contributed by atoms with E-state index in [0.29, 0.717) is 38.6 Å². The van der Waals surface area contributed by atoms with Crippen molar-refractivity contribution >= 4 is 74.7 Å². The van der Waals surface area contributed by atoms with Crippen LogP contribution in [0.1, 0.15) is 53.9 Å². The second kappa shape index (κ2) is 13.8. The van der Waals surface area contributed by atoms with Crippen LogP contribution in [0.5, 0.6) is 0 Å². The summed E-state index contributed by atoms with van der Waals surface area (Å²) in [5, 5.41) is 4.51. The monoisotopic (exact) mass is 649 g/mol. The van der Waals surface area contributed by atoms with Crippen molar-refractivity contribution in [3.8, 4) is 0 Å². The van der Waals surface area contributed by atoms with Crippen molar-refractivity contribution in [2.45, 2.75) is 39.2 Å². The molecular weight excluding hydrogens is 617 g/mol. The number of halogens is 2. The third-order valence-electron chi connectivity index (χ3n) is 7.97. The maximum absolute atomic E-state index is 13.7. The van der Waals surface area contributed by atoms with Gasteiger partial charge >= 0.3 is 5.97 Å². The first kappa shape index (κ1) is 31.3. The van der Waals surface area contributed by atoms with Gasteiger partial charge in [-0.15, -0.1) is 0 Å². The van der Waals surface area contributed by atoms with E-state index < -0.39 is 18.5 Å². The number of anilines is 3. The van der Waals surface area contributed by atoms with E-state index in [1.54, 1.807) is 6.07 Å². The number of fused-ring (bicyclic) bond motifs is 2. The molecule has 8 heteroatoms. The van der Waals surface area contributed by atoms with E-state index in [2.05, 4.69) is 36.2 Å². The number of carbonyl (C=O) groups excluding carboxylic acids is 2. The molecule has 0 fully saturated rings. The van der Waals surface area contributed by atoms with Crippen molar-refractivity contribution in [1.29, 1.82) is 0 Å². The Labute approximate surface area is 278 Å². The zero-order valence-electron chi connectivity index (χ0n) is 25.6. The number of rotatable bonds is 8. The Morgan fingerprint density at radius 1 is 0.891 bits per heavy atom. The predicted molar refractivity (Wildman–Crippen MR) is 188 cm³/mol. The van der Waals surface area contributed by atoms with Crippen LogP contribution in [0, 0.1) is 0 Å². The Morgan fingerprint density at radius 3 is 2.35 bits per heavy atom. The van der Waals surface area contributed by atoms with E-state index >= 15 is 0 Å². The maximum atomic E-state index is 13.7. The normalized spacial score (nSPS) is 13.5. The van der Waals surface area contributed by atoms with Gasteiger partial charge in [-0.3, -0.25) is 4.79 Å². The molecule has 1 aliphatic rings. The molecule has 0 atom stereocenters. The molecule has 1 aliphatic carbocycles. The first-order valence-corrected chi connectivity index (χ1v) is 16.0. The predicted octanol–water partition coefficient (Wildman–Crippen LogP) is 9.76.